The van der Waals surface area contributed by atoms with Crippen LogP contribution in [0.15, 0.2) is 58.2 Å². The number of thiophene rings is 1. The van der Waals surface area contributed by atoms with E-state index in [-0.39, 0.29) is 12.1 Å². The Morgan fingerprint density at radius 3 is 2.88 bits per heavy atom. The summed E-state index contributed by atoms with van der Waals surface area (Å²) in [6, 6.07) is 11.6. The Kier molecular flexibility index (Phi) is 4.29. The Bertz CT molecular complexity index is 1530. The van der Waals surface area contributed by atoms with Crippen molar-refractivity contribution in [1.82, 2.24) is 14.5 Å². The molecule has 0 aliphatic heterocycles. The number of rotatable bonds is 5. The van der Waals surface area contributed by atoms with E-state index in [9.17, 15) is 4.79 Å². The number of ether oxygens (including phenoxy) is 1. The van der Waals surface area contributed by atoms with Crippen LogP contribution >= 0.6 is 11.3 Å². The first-order valence-corrected chi connectivity index (χ1v) is 11.2. The molecule has 0 amide bonds. The number of hydrogen-bond donors (Lipinski definition) is 1. The van der Waals surface area contributed by atoms with Crippen molar-refractivity contribution >= 4 is 37.3 Å². The highest BCUT2D eigenvalue weighted by Gasteiger charge is 2.29. The smallest absolute Gasteiger partial charge is 0.263 e. The first kappa shape index (κ1) is 19.1. The van der Waals surface area contributed by atoms with E-state index in [1.165, 1.54) is 17.7 Å². The van der Waals surface area contributed by atoms with Crippen LogP contribution in [-0.2, 0) is 6.54 Å². The minimum Gasteiger partial charge on any atom is -0.497 e. The first-order chi connectivity index (χ1) is 15.6. The number of hydrogen-bond acceptors (Lipinski definition) is 7. The van der Waals surface area contributed by atoms with Crippen LogP contribution in [0, 0.1) is 0 Å². The predicted molar refractivity (Wildman–Crippen MR) is 125 cm³/mol. The van der Waals surface area contributed by atoms with Crippen LogP contribution in [0.3, 0.4) is 0 Å². The van der Waals surface area contributed by atoms with Crippen molar-refractivity contribution < 1.29 is 9.15 Å². The molecule has 1 aliphatic rings. The van der Waals surface area contributed by atoms with Crippen LogP contribution in [-0.4, -0.2) is 21.6 Å². The van der Waals surface area contributed by atoms with E-state index in [0.29, 0.717) is 33.4 Å². The summed E-state index contributed by atoms with van der Waals surface area (Å²) in [6.07, 6.45) is 5.24. The van der Waals surface area contributed by atoms with Crippen molar-refractivity contribution in [2.45, 2.75) is 25.3 Å². The zero-order valence-electron chi connectivity index (χ0n) is 17.4. The summed E-state index contributed by atoms with van der Waals surface area (Å²) in [6.45, 7) is 0.250. The number of aromatic nitrogens is 3. The van der Waals surface area contributed by atoms with Gasteiger partial charge in [-0.05, 0) is 54.7 Å². The van der Waals surface area contributed by atoms with Gasteiger partial charge in [0.2, 0.25) is 0 Å². The van der Waals surface area contributed by atoms with Crippen LogP contribution in [0.25, 0.3) is 31.7 Å². The molecule has 0 spiro atoms. The molecule has 0 atom stereocenters. The summed E-state index contributed by atoms with van der Waals surface area (Å²) >= 11 is 1.49. The SMILES string of the molecule is COc1ccc(-c2nc3sc4cc(N)ccc4c3c(=O)n2Cc2cnco2)c(C2CC2)c1. The second-order valence-electron chi connectivity index (χ2n) is 8.06. The molecule has 2 N–H and O–H groups in total. The number of nitrogens with two attached hydrogens (primary N) is 1. The highest BCUT2D eigenvalue weighted by atomic mass is 32.1. The Labute approximate surface area is 187 Å². The number of methoxy groups -OCH3 is 1. The van der Waals surface area contributed by atoms with Crippen molar-refractivity contribution in [3.63, 3.8) is 0 Å². The van der Waals surface area contributed by atoms with E-state index in [2.05, 4.69) is 11.1 Å². The Hall–Kier alpha value is -3.65. The second kappa shape index (κ2) is 7.20. The number of oxazole rings is 1. The molecule has 3 heterocycles. The van der Waals surface area contributed by atoms with Crippen molar-refractivity contribution in [3.8, 4) is 17.1 Å². The van der Waals surface area contributed by atoms with Gasteiger partial charge >= 0.3 is 0 Å². The Morgan fingerprint density at radius 2 is 2.12 bits per heavy atom. The van der Waals surface area contributed by atoms with Gasteiger partial charge in [-0.25, -0.2) is 9.97 Å². The fraction of sp³-hybridized carbons (Fsp3) is 0.208. The molecule has 6 rings (SSSR count). The number of fused-ring (bicyclic) bond motifs is 3. The van der Waals surface area contributed by atoms with Crippen LogP contribution < -0.4 is 16.0 Å². The normalized spacial score (nSPS) is 13.8. The maximum atomic E-state index is 13.8. The third-order valence-electron chi connectivity index (χ3n) is 5.93. The van der Waals surface area contributed by atoms with Crippen LogP contribution in [0.2, 0.25) is 0 Å². The largest absolute Gasteiger partial charge is 0.497 e. The highest BCUT2D eigenvalue weighted by molar-refractivity contribution is 7.25. The van der Waals surface area contributed by atoms with E-state index in [4.69, 9.17) is 19.9 Å². The highest BCUT2D eigenvalue weighted by Crippen LogP contribution is 2.45. The lowest BCUT2D eigenvalue weighted by Gasteiger charge is -2.15. The molecule has 0 unspecified atom stereocenters. The minimum atomic E-state index is -0.102. The molecule has 3 aromatic heterocycles. The number of benzene rings is 2. The number of nitrogens with zero attached hydrogens (tertiary/aromatic N) is 3. The summed E-state index contributed by atoms with van der Waals surface area (Å²) in [4.78, 5) is 23.6. The van der Waals surface area contributed by atoms with Crippen molar-refractivity contribution in [3.05, 3.63) is 70.7 Å². The lowest BCUT2D eigenvalue weighted by atomic mass is 10.0. The zero-order valence-corrected chi connectivity index (χ0v) is 18.2. The fourth-order valence-electron chi connectivity index (χ4n) is 4.21. The number of nitrogen functional groups attached to an aromatic ring is 1. The van der Waals surface area contributed by atoms with Crippen molar-refractivity contribution in [1.29, 1.82) is 0 Å². The zero-order chi connectivity index (χ0) is 21.8. The molecule has 8 heteroatoms. The third-order valence-corrected chi connectivity index (χ3v) is 6.98. The lowest BCUT2D eigenvalue weighted by Crippen LogP contribution is -2.24. The van der Waals surface area contributed by atoms with Gasteiger partial charge in [0.1, 0.15) is 22.2 Å². The summed E-state index contributed by atoms with van der Waals surface area (Å²) in [5, 5.41) is 1.47. The summed E-state index contributed by atoms with van der Waals surface area (Å²) in [7, 11) is 1.67. The summed E-state index contributed by atoms with van der Waals surface area (Å²) in [5.41, 5.74) is 8.65. The van der Waals surface area contributed by atoms with Gasteiger partial charge in [-0.2, -0.15) is 0 Å². The molecule has 5 aromatic rings. The Morgan fingerprint density at radius 1 is 1.25 bits per heavy atom. The van der Waals surface area contributed by atoms with Crippen LogP contribution in [0.1, 0.15) is 30.1 Å². The van der Waals surface area contributed by atoms with Crippen molar-refractivity contribution in [2.75, 3.05) is 12.8 Å². The fourth-order valence-corrected chi connectivity index (χ4v) is 5.32. The van der Waals surface area contributed by atoms with E-state index < -0.39 is 0 Å². The topological polar surface area (TPSA) is 96.2 Å². The average Bonchev–Trinajstić information content (AvgIpc) is 3.39. The molecule has 0 saturated heterocycles. The molecule has 7 nitrogen and oxygen atoms in total. The van der Waals surface area contributed by atoms with Gasteiger partial charge in [0.25, 0.3) is 5.56 Å². The molecule has 1 fully saturated rings. The monoisotopic (exact) mass is 444 g/mol. The average molecular weight is 445 g/mol. The van der Waals surface area contributed by atoms with Crippen LogP contribution in [0.5, 0.6) is 5.75 Å². The van der Waals surface area contributed by atoms with E-state index in [1.54, 1.807) is 17.9 Å². The van der Waals surface area contributed by atoms with E-state index in [1.807, 2.05) is 30.3 Å². The van der Waals surface area contributed by atoms with Crippen molar-refractivity contribution in [2.24, 2.45) is 0 Å². The summed E-state index contributed by atoms with van der Waals surface area (Å²) < 4.78 is 13.6. The van der Waals surface area contributed by atoms with E-state index in [0.717, 1.165) is 39.8 Å². The first-order valence-electron chi connectivity index (χ1n) is 10.4. The molecule has 1 aliphatic carbocycles. The second-order valence-corrected chi connectivity index (χ2v) is 9.09. The van der Waals surface area contributed by atoms with E-state index >= 15 is 0 Å². The van der Waals surface area contributed by atoms with Gasteiger partial charge in [-0.3, -0.25) is 9.36 Å². The van der Waals surface area contributed by atoms with Gasteiger partial charge < -0.3 is 14.9 Å². The maximum absolute atomic E-state index is 13.8. The molecule has 32 heavy (non-hydrogen) atoms. The summed E-state index contributed by atoms with van der Waals surface area (Å²) in [5.74, 6) is 2.48. The van der Waals surface area contributed by atoms with Gasteiger partial charge in [0, 0.05) is 21.3 Å². The molecule has 160 valence electrons. The predicted octanol–water partition coefficient (Wildman–Crippen LogP) is 4.78. The maximum Gasteiger partial charge on any atom is 0.263 e. The Balaban J connectivity index is 1.67. The third kappa shape index (κ3) is 3.06. The molecule has 1 saturated carbocycles. The lowest BCUT2D eigenvalue weighted by molar-refractivity contribution is 0.414. The van der Waals surface area contributed by atoms with Crippen LogP contribution in [0.4, 0.5) is 5.69 Å². The number of anilines is 1. The van der Waals surface area contributed by atoms with Gasteiger partial charge in [-0.15, -0.1) is 11.3 Å². The van der Waals surface area contributed by atoms with Gasteiger partial charge in [0.15, 0.2) is 6.39 Å². The minimum absolute atomic E-state index is 0.102. The molecule has 2 aromatic carbocycles. The van der Waals surface area contributed by atoms with Gasteiger partial charge in [0.05, 0.1) is 25.2 Å². The molecule has 0 radical (unpaired) electrons. The van der Waals surface area contributed by atoms with Gasteiger partial charge in [-0.1, -0.05) is 6.07 Å². The molecule has 0 bridgehead atoms. The molecular weight excluding hydrogens is 424 g/mol. The quantitative estimate of drug-likeness (QED) is 0.392. The molecular formula is C24H20N4O3S. The standard InChI is InChI=1S/C24H20N4O3S/c1-30-15-5-7-17(19(9-15)13-2-3-13)22-27-23-21(18-6-4-14(25)8-20(18)32-23)24(29)28(22)11-16-10-26-12-31-16/h4-10,12-13H,2-3,11,25H2,1H3.